The molecule has 0 spiro atoms. The fraction of sp³-hybridized carbons (Fsp3) is 0.300. The molecule has 0 radical (unpaired) electrons. The third kappa shape index (κ3) is 3.16. The number of nitrogens with one attached hydrogen (secondary N) is 1. The molecule has 7 heteroatoms. The summed E-state index contributed by atoms with van der Waals surface area (Å²) < 4.78 is 2.54. The van der Waals surface area contributed by atoms with E-state index in [4.69, 9.17) is 5.73 Å². The molecule has 90 valence electrons. The minimum Gasteiger partial charge on any atom is -0.397 e. The van der Waals surface area contributed by atoms with Gasteiger partial charge in [-0.3, -0.25) is 4.68 Å². The van der Waals surface area contributed by atoms with Crippen molar-refractivity contribution in [1.29, 1.82) is 0 Å². The van der Waals surface area contributed by atoms with Crippen LogP contribution in [0.25, 0.3) is 0 Å². The van der Waals surface area contributed by atoms with Gasteiger partial charge in [-0.25, -0.2) is 9.97 Å². The average Bonchev–Trinajstić information content (AvgIpc) is 2.68. The quantitative estimate of drug-likeness (QED) is 0.886. The van der Waals surface area contributed by atoms with Crippen molar-refractivity contribution in [1.82, 2.24) is 19.7 Å². The van der Waals surface area contributed by atoms with Gasteiger partial charge in [-0.1, -0.05) is 0 Å². The van der Waals surface area contributed by atoms with Gasteiger partial charge >= 0.3 is 0 Å². The van der Waals surface area contributed by atoms with Gasteiger partial charge in [-0.05, 0) is 22.0 Å². The summed E-state index contributed by atoms with van der Waals surface area (Å²) >= 11 is 3.40. The predicted molar refractivity (Wildman–Crippen MR) is 69.5 cm³/mol. The number of pyridine rings is 1. The van der Waals surface area contributed by atoms with E-state index in [-0.39, 0.29) is 0 Å². The van der Waals surface area contributed by atoms with E-state index in [1.54, 1.807) is 17.2 Å². The second-order valence-corrected chi connectivity index (χ2v) is 4.46. The summed E-state index contributed by atoms with van der Waals surface area (Å²) in [7, 11) is 1.85. The Kier molecular flexibility index (Phi) is 3.58. The first-order chi connectivity index (χ1) is 8.15. The van der Waals surface area contributed by atoms with Crippen LogP contribution >= 0.6 is 15.9 Å². The van der Waals surface area contributed by atoms with Crippen molar-refractivity contribution >= 4 is 27.4 Å². The lowest BCUT2D eigenvalue weighted by atomic mass is 10.4. The molecule has 0 fully saturated rings. The van der Waals surface area contributed by atoms with Gasteiger partial charge in [0.05, 0.1) is 16.4 Å². The van der Waals surface area contributed by atoms with Gasteiger partial charge < -0.3 is 11.1 Å². The summed E-state index contributed by atoms with van der Waals surface area (Å²) in [6.45, 7) is 0.722. The molecule has 0 aliphatic heterocycles. The predicted octanol–water partition coefficient (Wildman–Crippen LogP) is 1.21. The minimum atomic E-state index is 0.633. The maximum Gasteiger partial charge on any atom is 0.152 e. The minimum absolute atomic E-state index is 0.633. The fourth-order valence-corrected chi connectivity index (χ4v) is 1.88. The van der Waals surface area contributed by atoms with Crippen LogP contribution in [0.3, 0.4) is 0 Å². The summed E-state index contributed by atoms with van der Waals surface area (Å²) in [5, 5.41) is 7.39. The standard InChI is InChI=1S/C10H13BrN6/c1-17-6-15-9(16-17)2-3-13-10-8(11)4-7(12)5-14-10/h4-6H,2-3,12H2,1H3,(H,13,14). The van der Waals surface area contributed by atoms with Crippen LogP contribution in [-0.4, -0.2) is 26.3 Å². The maximum absolute atomic E-state index is 5.61. The zero-order valence-electron chi connectivity index (χ0n) is 9.39. The van der Waals surface area contributed by atoms with Gasteiger partial charge in [-0.15, -0.1) is 0 Å². The maximum atomic E-state index is 5.61. The first-order valence-corrected chi connectivity index (χ1v) is 5.94. The third-order valence-corrected chi connectivity index (χ3v) is 2.75. The van der Waals surface area contributed by atoms with Gasteiger partial charge in [0.15, 0.2) is 5.82 Å². The Hall–Kier alpha value is -1.63. The van der Waals surface area contributed by atoms with E-state index in [1.165, 1.54) is 0 Å². The molecule has 2 aromatic rings. The molecule has 0 aliphatic carbocycles. The van der Waals surface area contributed by atoms with Crippen LogP contribution in [0, 0.1) is 0 Å². The van der Waals surface area contributed by atoms with Crippen molar-refractivity contribution < 1.29 is 0 Å². The Morgan fingerprint density at radius 1 is 1.47 bits per heavy atom. The molecule has 0 aromatic carbocycles. The highest BCUT2D eigenvalue weighted by molar-refractivity contribution is 9.10. The van der Waals surface area contributed by atoms with Crippen molar-refractivity contribution in [2.24, 2.45) is 7.05 Å². The molecular formula is C10H13BrN6. The highest BCUT2D eigenvalue weighted by Gasteiger charge is 2.02. The number of hydrogen-bond donors (Lipinski definition) is 2. The monoisotopic (exact) mass is 296 g/mol. The molecule has 17 heavy (non-hydrogen) atoms. The summed E-state index contributed by atoms with van der Waals surface area (Å²) in [5.74, 6) is 1.58. The zero-order valence-corrected chi connectivity index (χ0v) is 11.0. The van der Waals surface area contributed by atoms with Gasteiger partial charge in [0, 0.05) is 20.0 Å². The number of hydrogen-bond acceptors (Lipinski definition) is 5. The Morgan fingerprint density at radius 2 is 2.29 bits per heavy atom. The van der Waals surface area contributed by atoms with Crippen molar-refractivity contribution in [3.05, 3.63) is 28.9 Å². The van der Waals surface area contributed by atoms with Crippen LogP contribution in [0.4, 0.5) is 11.5 Å². The number of halogens is 1. The molecule has 0 atom stereocenters. The van der Waals surface area contributed by atoms with Crippen LogP contribution < -0.4 is 11.1 Å². The van der Waals surface area contributed by atoms with E-state index in [9.17, 15) is 0 Å². The molecule has 0 saturated carbocycles. The van der Waals surface area contributed by atoms with Crippen LogP contribution in [0.2, 0.25) is 0 Å². The van der Waals surface area contributed by atoms with E-state index in [0.29, 0.717) is 5.69 Å². The molecule has 0 saturated heterocycles. The second kappa shape index (κ2) is 5.13. The van der Waals surface area contributed by atoms with E-state index in [1.807, 2.05) is 13.1 Å². The number of aromatic nitrogens is 4. The van der Waals surface area contributed by atoms with Gasteiger partial charge in [0.2, 0.25) is 0 Å². The summed E-state index contributed by atoms with van der Waals surface area (Å²) in [6.07, 6.45) is 4.05. The van der Waals surface area contributed by atoms with Crippen molar-refractivity contribution in [3.8, 4) is 0 Å². The van der Waals surface area contributed by atoms with Crippen molar-refractivity contribution in [2.45, 2.75) is 6.42 Å². The SMILES string of the molecule is Cn1cnc(CCNc2ncc(N)cc2Br)n1. The topological polar surface area (TPSA) is 81.7 Å². The van der Waals surface area contributed by atoms with Crippen LogP contribution in [-0.2, 0) is 13.5 Å². The lowest BCUT2D eigenvalue weighted by molar-refractivity contribution is 0.741. The number of nitrogens with zero attached hydrogens (tertiary/aromatic N) is 4. The van der Waals surface area contributed by atoms with Gasteiger partial charge in [0.25, 0.3) is 0 Å². The van der Waals surface area contributed by atoms with Crippen molar-refractivity contribution in [3.63, 3.8) is 0 Å². The Balaban J connectivity index is 1.90. The number of nitrogen functional groups attached to an aromatic ring is 1. The molecule has 0 aliphatic rings. The van der Waals surface area contributed by atoms with E-state index >= 15 is 0 Å². The van der Waals surface area contributed by atoms with Crippen molar-refractivity contribution in [2.75, 3.05) is 17.6 Å². The fourth-order valence-electron chi connectivity index (χ4n) is 1.37. The lowest BCUT2D eigenvalue weighted by Gasteiger charge is -2.06. The first-order valence-electron chi connectivity index (χ1n) is 5.14. The summed E-state index contributed by atoms with van der Waals surface area (Å²) in [4.78, 5) is 8.33. The molecule has 0 unspecified atom stereocenters. The van der Waals surface area contributed by atoms with Crippen LogP contribution in [0.1, 0.15) is 5.82 Å². The first kappa shape index (κ1) is 11.8. The van der Waals surface area contributed by atoms with E-state index < -0.39 is 0 Å². The van der Waals surface area contributed by atoms with E-state index in [0.717, 1.165) is 29.1 Å². The number of anilines is 2. The Morgan fingerprint density at radius 3 is 2.94 bits per heavy atom. The Labute approximate surface area is 107 Å². The molecule has 2 rings (SSSR count). The molecule has 0 amide bonds. The molecule has 2 heterocycles. The van der Waals surface area contributed by atoms with E-state index in [2.05, 4.69) is 36.3 Å². The summed E-state index contributed by atoms with van der Waals surface area (Å²) in [5.41, 5.74) is 6.24. The third-order valence-electron chi connectivity index (χ3n) is 2.15. The zero-order chi connectivity index (χ0) is 12.3. The molecule has 2 aromatic heterocycles. The van der Waals surface area contributed by atoms with Crippen LogP contribution in [0.15, 0.2) is 23.1 Å². The molecule has 6 nitrogen and oxygen atoms in total. The number of aryl methyl sites for hydroxylation is 1. The molecular weight excluding hydrogens is 284 g/mol. The molecule has 0 bridgehead atoms. The average molecular weight is 297 g/mol. The molecule has 3 N–H and O–H groups in total. The largest absolute Gasteiger partial charge is 0.397 e. The van der Waals surface area contributed by atoms with Gasteiger partial charge in [-0.2, -0.15) is 5.10 Å². The lowest BCUT2D eigenvalue weighted by Crippen LogP contribution is -2.08. The smallest absolute Gasteiger partial charge is 0.152 e. The second-order valence-electron chi connectivity index (χ2n) is 3.61. The normalized spacial score (nSPS) is 10.5. The number of rotatable bonds is 4. The summed E-state index contributed by atoms with van der Waals surface area (Å²) in [6, 6.07) is 1.81. The highest BCUT2D eigenvalue weighted by Crippen LogP contribution is 2.21. The van der Waals surface area contributed by atoms with Gasteiger partial charge in [0.1, 0.15) is 12.1 Å². The number of nitrogens with two attached hydrogens (primary N) is 1. The van der Waals surface area contributed by atoms with Crippen LogP contribution in [0.5, 0.6) is 0 Å². The highest BCUT2D eigenvalue weighted by atomic mass is 79.9. The Bertz CT molecular complexity index is 509.